The summed E-state index contributed by atoms with van der Waals surface area (Å²) in [5.41, 5.74) is -0.586. The summed E-state index contributed by atoms with van der Waals surface area (Å²) in [5.74, 6) is -1.39. The van der Waals surface area contributed by atoms with Crippen molar-refractivity contribution in [3.63, 3.8) is 0 Å². The molecule has 0 fully saturated rings. The van der Waals surface area contributed by atoms with Gasteiger partial charge in [0.25, 0.3) is 0 Å². The third-order valence-electron chi connectivity index (χ3n) is 2.03. The number of benzene rings is 1. The lowest BCUT2D eigenvalue weighted by Crippen LogP contribution is -2.27. The fourth-order valence-corrected chi connectivity index (χ4v) is 2.31. The zero-order chi connectivity index (χ0) is 15.6. The maximum atomic E-state index is 13.7. The minimum Gasteiger partial charge on any atom is -0.444 e. The maximum Gasteiger partial charge on any atom is 0.412 e. The van der Waals surface area contributed by atoms with Crippen molar-refractivity contribution in [3.8, 4) is 0 Å². The average Bonchev–Trinajstić information content (AvgIpc) is 2.17. The minimum atomic E-state index is -3.84. The lowest BCUT2D eigenvalue weighted by Gasteiger charge is -2.19. The molecule has 5 nitrogen and oxygen atoms in total. The second-order valence-electron chi connectivity index (χ2n) is 5.12. The van der Waals surface area contributed by atoms with Crippen LogP contribution in [0.1, 0.15) is 26.3 Å². The molecule has 0 aliphatic carbocycles. The van der Waals surface area contributed by atoms with Gasteiger partial charge in [-0.05, 0) is 32.9 Å². The largest absolute Gasteiger partial charge is 0.444 e. The molecule has 0 heterocycles. The first-order chi connectivity index (χ1) is 8.96. The topological polar surface area (TPSA) is 72.5 Å². The van der Waals surface area contributed by atoms with E-state index in [0.29, 0.717) is 0 Å². The Bertz CT molecular complexity index is 610. The molecule has 0 aromatic heterocycles. The number of carbonyl (C=O) groups excluding carboxylic acids is 1. The van der Waals surface area contributed by atoms with E-state index in [-0.39, 0.29) is 11.3 Å². The van der Waals surface area contributed by atoms with Crippen molar-refractivity contribution in [2.24, 2.45) is 0 Å². The lowest BCUT2D eigenvalue weighted by molar-refractivity contribution is 0.0636. The quantitative estimate of drug-likeness (QED) is 0.867. The number of ether oxygens (including phenoxy) is 1. The highest BCUT2D eigenvalue weighted by atomic mass is 35.7. The molecule has 0 saturated heterocycles. The predicted octanol–water partition coefficient (Wildman–Crippen LogP) is 3.24. The Morgan fingerprint density at radius 1 is 1.40 bits per heavy atom. The van der Waals surface area contributed by atoms with Crippen molar-refractivity contribution in [2.45, 2.75) is 32.1 Å². The van der Waals surface area contributed by atoms with Gasteiger partial charge in [-0.15, -0.1) is 0 Å². The van der Waals surface area contributed by atoms with Crippen LogP contribution >= 0.6 is 10.7 Å². The van der Waals surface area contributed by atoms with Crippen molar-refractivity contribution in [1.82, 2.24) is 0 Å². The molecule has 0 radical (unpaired) electrons. The Morgan fingerprint density at radius 2 is 2.00 bits per heavy atom. The normalized spacial score (nSPS) is 12.1. The van der Waals surface area contributed by atoms with Gasteiger partial charge in [0, 0.05) is 21.9 Å². The Balaban J connectivity index is 2.80. The summed E-state index contributed by atoms with van der Waals surface area (Å²) >= 11 is 0. The Labute approximate surface area is 121 Å². The number of hydrogen-bond acceptors (Lipinski definition) is 4. The van der Waals surface area contributed by atoms with E-state index >= 15 is 0 Å². The van der Waals surface area contributed by atoms with Crippen LogP contribution in [-0.4, -0.2) is 20.1 Å². The molecule has 0 saturated carbocycles. The van der Waals surface area contributed by atoms with E-state index < -0.39 is 32.3 Å². The molecule has 1 amide bonds. The molecule has 112 valence electrons. The van der Waals surface area contributed by atoms with Gasteiger partial charge >= 0.3 is 6.09 Å². The van der Waals surface area contributed by atoms with Gasteiger partial charge in [-0.1, -0.05) is 6.07 Å². The Morgan fingerprint density at radius 3 is 2.45 bits per heavy atom. The smallest absolute Gasteiger partial charge is 0.412 e. The third kappa shape index (κ3) is 6.21. The maximum absolute atomic E-state index is 13.7. The molecule has 0 aliphatic rings. The zero-order valence-electron chi connectivity index (χ0n) is 11.2. The Hall–Kier alpha value is -1.34. The molecule has 1 aromatic rings. The summed E-state index contributed by atoms with van der Waals surface area (Å²) in [4.78, 5) is 11.5. The highest BCUT2D eigenvalue weighted by Crippen LogP contribution is 2.19. The molecule has 1 aromatic carbocycles. The highest BCUT2D eigenvalue weighted by Gasteiger charge is 2.17. The van der Waals surface area contributed by atoms with Crippen LogP contribution in [0.25, 0.3) is 0 Å². The molecule has 8 heteroatoms. The molecular formula is C12H15ClFNO4S. The standard InChI is InChI=1S/C12H15ClFNO4S/c1-12(2,3)19-11(16)15-9-5-4-8(10(14)6-9)7-20(13,17)18/h4-6H,7H2,1-3H3,(H,15,16). The molecule has 0 aliphatic heterocycles. The van der Waals surface area contributed by atoms with Crippen LogP contribution in [0.4, 0.5) is 14.9 Å². The number of hydrogen-bond donors (Lipinski definition) is 1. The zero-order valence-corrected chi connectivity index (χ0v) is 12.8. The van der Waals surface area contributed by atoms with Crippen LogP contribution in [0, 0.1) is 5.82 Å². The van der Waals surface area contributed by atoms with Gasteiger partial charge in [0.2, 0.25) is 9.05 Å². The molecule has 0 bridgehead atoms. The second kappa shape index (κ2) is 5.97. The van der Waals surface area contributed by atoms with Crippen LogP contribution < -0.4 is 5.32 Å². The molecule has 20 heavy (non-hydrogen) atoms. The minimum absolute atomic E-state index is 0.0743. The number of anilines is 1. The van der Waals surface area contributed by atoms with Crippen molar-refractivity contribution in [1.29, 1.82) is 0 Å². The summed E-state index contributed by atoms with van der Waals surface area (Å²) < 4.78 is 40.4. The van der Waals surface area contributed by atoms with Crippen LogP contribution in [0.2, 0.25) is 0 Å². The first kappa shape index (κ1) is 16.7. The summed E-state index contributed by atoms with van der Waals surface area (Å²) in [6.07, 6.45) is -0.727. The molecule has 0 atom stereocenters. The van der Waals surface area contributed by atoms with Crippen LogP contribution in [0.3, 0.4) is 0 Å². The number of rotatable bonds is 3. The summed E-state index contributed by atoms with van der Waals surface area (Å²) in [6, 6.07) is 3.60. The fraction of sp³-hybridized carbons (Fsp3) is 0.417. The Kier molecular flexibility index (Phi) is 4.99. The summed E-state index contributed by atoms with van der Waals surface area (Å²) in [5, 5.41) is 2.35. The SMILES string of the molecule is CC(C)(C)OC(=O)Nc1ccc(CS(=O)(=O)Cl)c(F)c1. The number of nitrogens with one attached hydrogen (secondary N) is 1. The van der Waals surface area contributed by atoms with E-state index in [1.165, 1.54) is 12.1 Å². The molecular weight excluding hydrogens is 309 g/mol. The highest BCUT2D eigenvalue weighted by molar-refractivity contribution is 8.13. The van der Waals surface area contributed by atoms with E-state index in [2.05, 4.69) is 5.32 Å². The predicted molar refractivity (Wildman–Crippen MR) is 74.7 cm³/mol. The van der Waals surface area contributed by atoms with Gasteiger partial charge in [0.05, 0.1) is 5.75 Å². The van der Waals surface area contributed by atoms with Crippen LogP contribution in [0.15, 0.2) is 18.2 Å². The average molecular weight is 324 g/mol. The van der Waals surface area contributed by atoms with E-state index in [1.807, 2.05) is 0 Å². The van der Waals surface area contributed by atoms with Gasteiger partial charge in [0.1, 0.15) is 11.4 Å². The molecule has 1 rings (SSSR count). The van der Waals surface area contributed by atoms with Gasteiger partial charge in [0.15, 0.2) is 0 Å². The second-order valence-corrected chi connectivity index (χ2v) is 7.89. The van der Waals surface area contributed by atoms with E-state index in [9.17, 15) is 17.6 Å². The molecule has 0 spiro atoms. The lowest BCUT2D eigenvalue weighted by atomic mass is 10.2. The molecule has 1 N–H and O–H groups in total. The van der Waals surface area contributed by atoms with E-state index in [4.69, 9.17) is 15.4 Å². The van der Waals surface area contributed by atoms with Crippen molar-refractivity contribution in [2.75, 3.05) is 5.32 Å². The van der Waals surface area contributed by atoms with Crippen molar-refractivity contribution < 1.29 is 22.3 Å². The first-order valence-corrected chi connectivity index (χ1v) is 8.15. The van der Waals surface area contributed by atoms with Gasteiger partial charge < -0.3 is 4.74 Å². The summed E-state index contributed by atoms with van der Waals surface area (Å²) in [7, 11) is 1.21. The monoisotopic (exact) mass is 323 g/mol. The fourth-order valence-electron chi connectivity index (χ4n) is 1.35. The van der Waals surface area contributed by atoms with E-state index in [1.54, 1.807) is 20.8 Å². The van der Waals surface area contributed by atoms with Gasteiger partial charge in [-0.2, -0.15) is 0 Å². The van der Waals surface area contributed by atoms with E-state index in [0.717, 1.165) is 6.07 Å². The van der Waals surface area contributed by atoms with Crippen LogP contribution in [-0.2, 0) is 19.5 Å². The molecule has 0 unspecified atom stereocenters. The third-order valence-corrected chi connectivity index (χ3v) is 3.01. The van der Waals surface area contributed by atoms with Crippen molar-refractivity contribution in [3.05, 3.63) is 29.6 Å². The summed E-state index contributed by atoms with van der Waals surface area (Å²) in [6.45, 7) is 5.09. The number of amides is 1. The number of halogens is 2. The first-order valence-electron chi connectivity index (χ1n) is 5.67. The van der Waals surface area contributed by atoms with Gasteiger partial charge in [-0.25, -0.2) is 17.6 Å². The number of carbonyl (C=O) groups is 1. The van der Waals surface area contributed by atoms with Crippen molar-refractivity contribution >= 4 is 31.5 Å². The van der Waals surface area contributed by atoms with Crippen LogP contribution in [0.5, 0.6) is 0 Å². The van der Waals surface area contributed by atoms with Gasteiger partial charge in [-0.3, -0.25) is 5.32 Å².